The highest BCUT2D eigenvalue weighted by Crippen LogP contribution is 2.35. The second kappa shape index (κ2) is 4.47. The van der Waals surface area contributed by atoms with Crippen molar-refractivity contribution >= 4 is 33.6 Å². The molecule has 0 saturated heterocycles. The van der Waals surface area contributed by atoms with E-state index in [-0.39, 0.29) is 0 Å². The summed E-state index contributed by atoms with van der Waals surface area (Å²) < 4.78 is 1.78. The predicted molar refractivity (Wildman–Crippen MR) is 77.5 cm³/mol. The first-order valence-electron chi connectivity index (χ1n) is 5.91. The summed E-state index contributed by atoms with van der Waals surface area (Å²) in [6, 6.07) is 3.98. The molecule has 0 aliphatic rings. The van der Waals surface area contributed by atoms with Crippen LogP contribution in [0.5, 0.6) is 0 Å². The first kappa shape index (κ1) is 12.4. The van der Waals surface area contributed by atoms with Gasteiger partial charge in [-0.25, -0.2) is 9.78 Å². The van der Waals surface area contributed by atoms with Gasteiger partial charge in [0.15, 0.2) is 10.7 Å². The highest BCUT2D eigenvalue weighted by Gasteiger charge is 2.23. The summed E-state index contributed by atoms with van der Waals surface area (Å²) >= 11 is 3.15. The number of aromatic carboxylic acids is 1. The number of fused-ring (bicyclic) bond motifs is 1. The molecule has 4 nitrogen and oxygen atoms in total. The maximum absolute atomic E-state index is 11.5. The molecule has 0 aromatic carbocycles. The Balaban J connectivity index is 2.41. The molecule has 0 unspecified atom stereocenters. The van der Waals surface area contributed by atoms with Crippen LogP contribution in [0.1, 0.15) is 28.0 Å². The van der Waals surface area contributed by atoms with Crippen LogP contribution < -0.4 is 0 Å². The molecule has 0 amide bonds. The lowest BCUT2D eigenvalue weighted by Crippen LogP contribution is -2.05. The largest absolute Gasteiger partial charge is 0.477 e. The minimum absolute atomic E-state index is 0.297. The monoisotopic (exact) mass is 292 g/mol. The molecule has 6 heteroatoms. The molecule has 0 fully saturated rings. The van der Waals surface area contributed by atoms with E-state index in [1.54, 1.807) is 15.7 Å². The molecule has 0 aliphatic heterocycles. The summed E-state index contributed by atoms with van der Waals surface area (Å²) in [5.41, 5.74) is 1.90. The molecule has 0 bridgehead atoms. The Hall–Kier alpha value is -1.66. The quantitative estimate of drug-likeness (QED) is 0.801. The topological polar surface area (TPSA) is 54.6 Å². The Bertz CT molecular complexity index is 753. The van der Waals surface area contributed by atoms with Crippen molar-refractivity contribution < 1.29 is 9.90 Å². The van der Waals surface area contributed by atoms with Gasteiger partial charge in [-0.05, 0) is 24.8 Å². The number of nitrogens with zero attached hydrogens (tertiary/aromatic N) is 2. The van der Waals surface area contributed by atoms with Gasteiger partial charge >= 0.3 is 5.97 Å². The van der Waals surface area contributed by atoms with Crippen LogP contribution in [0.3, 0.4) is 0 Å². The van der Waals surface area contributed by atoms with Crippen molar-refractivity contribution in [3.05, 3.63) is 33.8 Å². The van der Waals surface area contributed by atoms with Gasteiger partial charge in [-0.1, -0.05) is 13.0 Å². The first-order chi connectivity index (χ1) is 9.13. The van der Waals surface area contributed by atoms with Crippen LogP contribution in [0.25, 0.3) is 15.5 Å². The molecule has 3 aromatic heterocycles. The van der Waals surface area contributed by atoms with Crippen molar-refractivity contribution in [2.75, 3.05) is 0 Å². The van der Waals surface area contributed by atoms with Crippen molar-refractivity contribution in [3.63, 3.8) is 0 Å². The Morgan fingerprint density at radius 2 is 2.32 bits per heavy atom. The number of hydrogen-bond acceptors (Lipinski definition) is 4. The summed E-state index contributed by atoms with van der Waals surface area (Å²) in [4.78, 5) is 18.9. The van der Waals surface area contributed by atoms with Crippen molar-refractivity contribution in [2.45, 2.75) is 20.3 Å². The van der Waals surface area contributed by atoms with Gasteiger partial charge in [0.1, 0.15) is 0 Å². The maximum atomic E-state index is 11.5. The van der Waals surface area contributed by atoms with Gasteiger partial charge in [-0.3, -0.25) is 4.40 Å². The second-order valence-corrected chi connectivity index (χ2v) is 6.30. The van der Waals surface area contributed by atoms with E-state index in [4.69, 9.17) is 0 Å². The fourth-order valence-electron chi connectivity index (χ4n) is 2.22. The number of carboxylic acid groups (broad SMARTS) is 1. The summed E-state index contributed by atoms with van der Waals surface area (Å²) in [7, 11) is 0. The van der Waals surface area contributed by atoms with Crippen LogP contribution in [0.2, 0.25) is 0 Å². The van der Waals surface area contributed by atoms with Gasteiger partial charge < -0.3 is 5.11 Å². The third kappa shape index (κ3) is 1.79. The molecule has 0 spiro atoms. The Kier molecular flexibility index (Phi) is 2.91. The summed E-state index contributed by atoms with van der Waals surface area (Å²) in [6.07, 6.45) is 0.624. The SMILES string of the molecule is CCc1nc2sc(C)c(-c3cccs3)n2c1C(=O)O. The smallest absolute Gasteiger partial charge is 0.354 e. The van der Waals surface area contributed by atoms with Crippen LogP contribution >= 0.6 is 22.7 Å². The van der Waals surface area contributed by atoms with Gasteiger partial charge in [0, 0.05) is 4.88 Å². The Morgan fingerprint density at radius 3 is 2.89 bits per heavy atom. The number of rotatable bonds is 3. The average Bonchev–Trinajstić information content (AvgIpc) is 3.02. The zero-order valence-corrected chi connectivity index (χ0v) is 12.1. The standard InChI is InChI=1S/C13H12N2O2S2/c1-3-8-11(12(16)17)15-10(9-5-4-6-18-9)7(2)19-13(15)14-8/h4-6H,3H2,1-2H3,(H,16,17). The van der Waals surface area contributed by atoms with E-state index < -0.39 is 5.97 Å². The van der Waals surface area contributed by atoms with Gasteiger partial charge in [0.25, 0.3) is 0 Å². The van der Waals surface area contributed by atoms with Crippen LogP contribution in [0, 0.1) is 6.92 Å². The number of thiazole rings is 1. The van der Waals surface area contributed by atoms with E-state index in [0.29, 0.717) is 17.8 Å². The molecular weight excluding hydrogens is 280 g/mol. The molecule has 3 rings (SSSR count). The lowest BCUT2D eigenvalue weighted by atomic mass is 10.2. The number of thiophene rings is 1. The summed E-state index contributed by atoms with van der Waals surface area (Å²) in [5, 5.41) is 11.5. The van der Waals surface area contributed by atoms with Crippen LogP contribution in [-0.2, 0) is 6.42 Å². The number of carboxylic acids is 1. The Labute approximate surface area is 118 Å². The zero-order chi connectivity index (χ0) is 13.6. The molecule has 0 atom stereocenters. The minimum atomic E-state index is -0.917. The van der Waals surface area contributed by atoms with Crippen LogP contribution in [0.4, 0.5) is 0 Å². The van der Waals surface area contributed by atoms with E-state index in [0.717, 1.165) is 20.4 Å². The lowest BCUT2D eigenvalue weighted by Gasteiger charge is -2.02. The molecule has 0 saturated carbocycles. The third-order valence-electron chi connectivity index (χ3n) is 3.01. The Morgan fingerprint density at radius 1 is 1.53 bits per heavy atom. The molecule has 3 heterocycles. The van der Waals surface area contributed by atoms with E-state index in [1.165, 1.54) is 11.3 Å². The number of carbonyl (C=O) groups is 1. The maximum Gasteiger partial charge on any atom is 0.354 e. The third-order valence-corrected chi connectivity index (χ3v) is 4.84. The first-order valence-corrected chi connectivity index (χ1v) is 7.61. The average molecular weight is 292 g/mol. The summed E-state index contributed by atoms with van der Waals surface area (Å²) in [5.74, 6) is -0.917. The van der Waals surface area contributed by atoms with E-state index in [1.807, 2.05) is 31.4 Å². The number of aryl methyl sites for hydroxylation is 2. The van der Waals surface area contributed by atoms with Crippen molar-refractivity contribution in [2.24, 2.45) is 0 Å². The fraction of sp³-hybridized carbons (Fsp3) is 0.231. The molecule has 0 aliphatic carbocycles. The molecule has 98 valence electrons. The van der Waals surface area contributed by atoms with Gasteiger partial charge in [-0.15, -0.1) is 22.7 Å². The minimum Gasteiger partial charge on any atom is -0.477 e. The molecule has 1 N–H and O–H groups in total. The van der Waals surface area contributed by atoms with Crippen LogP contribution in [-0.4, -0.2) is 20.5 Å². The van der Waals surface area contributed by atoms with E-state index in [2.05, 4.69) is 4.98 Å². The van der Waals surface area contributed by atoms with Crippen LogP contribution in [0.15, 0.2) is 17.5 Å². The zero-order valence-electron chi connectivity index (χ0n) is 10.5. The molecule has 0 radical (unpaired) electrons. The fourth-order valence-corrected chi connectivity index (χ4v) is 4.11. The van der Waals surface area contributed by atoms with Gasteiger partial charge in [0.05, 0.1) is 16.3 Å². The molecule has 3 aromatic rings. The van der Waals surface area contributed by atoms with Gasteiger partial charge in [-0.2, -0.15) is 0 Å². The van der Waals surface area contributed by atoms with Crippen molar-refractivity contribution in [1.82, 2.24) is 9.38 Å². The van der Waals surface area contributed by atoms with E-state index in [9.17, 15) is 9.90 Å². The van der Waals surface area contributed by atoms with Crippen molar-refractivity contribution in [1.29, 1.82) is 0 Å². The normalized spacial score (nSPS) is 11.3. The van der Waals surface area contributed by atoms with Crippen molar-refractivity contribution in [3.8, 4) is 10.6 Å². The highest BCUT2D eigenvalue weighted by molar-refractivity contribution is 7.18. The van der Waals surface area contributed by atoms with E-state index >= 15 is 0 Å². The second-order valence-electron chi connectivity index (χ2n) is 4.17. The molecular formula is C13H12N2O2S2. The van der Waals surface area contributed by atoms with Gasteiger partial charge in [0.2, 0.25) is 0 Å². The lowest BCUT2D eigenvalue weighted by molar-refractivity contribution is 0.0688. The molecule has 19 heavy (non-hydrogen) atoms. The number of aromatic nitrogens is 2. The predicted octanol–water partition coefficient (Wildman–Crippen LogP) is 3.69. The highest BCUT2D eigenvalue weighted by atomic mass is 32.1. The number of imidazole rings is 1. The summed E-state index contributed by atoms with van der Waals surface area (Å²) in [6.45, 7) is 3.93. The number of hydrogen-bond donors (Lipinski definition) is 1.